The lowest BCUT2D eigenvalue weighted by molar-refractivity contribution is 0.112. The van der Waals surface area contributed by atoms with Crippen molar-refractivity contribution in [2.24, 2.45) is 0 Å². The maximum Gasteiger partial charge on any atom is 0.175 e. The van der Waals surface area contributed by atoms with Crippen molar-refractivity contribution in [3.05, 3.63) is 72.3 Å². The number of benzene rings is 3. The van der Waals surface area contributed by atoms with Crippen LogP contribution in [0.3, 0.4) is 0 Å². The summed E-state index contributed by atoms with van der Waals surface area (Å²) in [6, 6.07) is 18.5. The molecule has 0 fully saturated rings. The Balaban J connectivity index is 1.75. The van der Waals surface area contributed by atoms with E-state index in [0.717, 1.165) is 29.9 Å². The molecule has 3 N–H and O–H groups in total. The van der Waals surface area contributed by atoms with Gasteiger partial charge in [-0.2, -0.15) is 11.8 Å². The number of nitrogens with zero attached hydrogens (tertiary/aromatic N) is 1. The minimum atomic E-state index is 0.135. The number of phenolic OH excluding ortho intramolecular Hbond substituents is 2. The summed E-state index contributed by atoms with van der Waals surface area (Å²) in [5, 5.41) is 27.3. The topological polar surface area (TPSA) is 105 Å². The summed E-state index contributed by atoms with van der Waals surface area (Å²) in [6.45, 7) is 4.17. The van der Waals surface area contributed by atoms with E-state index in [2.05, 4.69) is 17.4 Å². The van der Waals surface area contributed by atoms with Crippen molar-refractivity contribution in [2.45, 2.75) is 6.92 Å². The number of thioether (sulfide) groups is 1. The highest BCUT2D eigenvalue weighted by Crippen LogP contribution is 2.44. The van der Waals surface area contributed by atoms with Gasteiger partial charge in [0.05, 0.1) is 5.56 Å². The second kappa shape index (κ2) is 12.3. The molecule has 4 rings (SSSR count). The highest BCUT2D eigenvalue weighted by Gasteiger charge is 2.24. The highest BCUT2D eigenvalue weighted by atomic mass is 32.2. The van der Waals surface area contributed by atoms with Gasteiger partial charge in [-0.3, -0.25) is 4.79 Å². The summed E-state index contributed by atoms with van der Waals surface area (Å²) in [4.78, 5) is 11.7. The largest absolute Gasteiger partial charge is 0.508 e. The average Bonchev–Trinajstić information content (AvgIpc) is 3.34. The lowest BCUT2D eigenvalue weighted by Gasteiger charge is -2.14. The maximum atomic E-state index is 11.7. The van der Waals surface area contributed by atoms with E-state index in [4.69, 9.17) is 9.26 Å². The number of aldehydes is 1. The quantitative estimate of drug-likeness (QED) is 0.169. The smallest absolute Gasteiger partial charge is 0.175 e. The summed E-state index contributed by atoms with van der Waals surface area (Å²) >= 11 is 1.88. The van der Waals surface area contributed by atoms with Crippen molar-refractivity contribution in [3.8, 4) is 51.0 Å². The molecular formula is C28H28N2O5S. The van der Waals surface area contributed by atoms with Crippen molar-refractivity contribution in [3.63, 3.8) is 0 Å². The number of aromatic nitrogens is 1. The van der Waals surface area contributed by atoms with Crippen molar-refractivity contribution in [1.29, 1.82) is 0 Å². The maximum absolute atomic E-state index is 11.7. The lowest BCUT2D eigenvalue weighted by Crippen LogP contribution is -2.23. The third kappa shape index (κ3) is 6.08. The minimum Gasteiger partial charge on any atom is -0.508 e. The molecule has 0 unspecified atom stereocenters. The number of carbonyl (C=O) groups is 1. The van der Waals surface area contributed by atoms with Gasteiger partial charge in [0.15, 0.2) is 5.76 Å². The van der Waals surface area contributed by atoms with Gasteiger partial charge in [-0.25, -0.2) is 0 Å². The van der Waals surface area contributed by atoms with E-state index in [1.807, 2.05) is 11.8 Å². The van der Waals surface area contributed by atoms with Crippen LogP contribution in [0.4, 0.5) is 0 Å². The van der Waals surface area contributed by atoms with E-state index in [1.165, 1.54) is 0 Å². The van der Waals surface area contributed by atoms with Crippen LogP contribution in [0.15, 0.2) is 71.3 Å². The van der Waals surface area contributed by atoms with Gasteiger partial charge in [-0.15, -0.1) is 0 Å². The second-order valence-electron chi connectivity index (χ2n) is 8.00. The van der Waals surface area contributed by atoms with Gasteiger partial charge in [0.1, 0.15) is 35.8 Å². The van der Waals surface area contributed by atoms with E-state index < -0.39 is 0 Å². The molecule has 1 heterocycles. The Morgan fingerprint density at radius 2 is 1.67 bits per heavy atom. The molecule has 8 heteroatoms. The summed E-state index contributed by atoms with van der Waals surface area (Å²) in [7, 11) is 0. The van der Waals surface area contributed by atoms with Crippen molar-refractivity contribution in [2.75, 3.05) is 31.2 Å². The van der Waals surface area contributed by atoms with Gasteiger partial charge in [0, 0.05) is 41.1 Å². The summed E-state index contributed by atoms with van der Waals surface area (Å²) in [5.74, 6) is 3.47. The van der Waals surface area contributed by atoms with E-state index in [0.29, 0.717) is 52.6 Å². The van der Waals surface area contributed by atoms with Crippen LogP contribution in [0.2, 0.25) is 0 Å². The Morgan fingerprint density at radius 3 is 2.33 bits per heavy atom. The van der Waals surface area contributed by atoms with Crippen molar-refractivity contribution >= 4 is 18.0 Å². The second-order valence-corrected chi connectivity index (χ2v) is 9.39. The Kier molecular flexibility index (Phi) is 8.65. The predicted molar refractivity (Wildman–Crippen MR) is 143 cm³/mol. The Bertz CT molecular complexity index is 1220. The highest BCUT2D eigenvalue weighted by molar-refractivity contribution is 7.99. The molecule has 0 spiro atoms. The zero-order valence-electron chi connectivity index (χ0n) is 19.9. The van der Waals surface area contributed by atoms with Crippen LogP contribution < -0.4 is 10.1 Å². The number of hydrogen-bond donors (Lipinski definition) is 3. The van der Waals surface area contributed by atoms with Crippen LogP contribution in [-0.4, -0.2) is 52.9 Å². The lowest BCUT2D eigenvalue weighted by atomic mass is 9.94. The average molecular weight is 505 g/mol. The molecule has 186 valence electrons. The summed E-state index contributed by atoms with van der Waals surface area (Å²) in [6.07, 6.45) is 0.786. The van der Waals surface area contributed by atoms with E-state index in [9.17, 15) is 15.0 Å². The van der Waals surface area contributed by atoms with Crippen LogP contribution >= 0.6 is 11.8 Å². The minimum absolute atomic E-state index is 0.135. The predicted octanol–water partition coefficient (Wildman–Crippen LogP) is 5.62. The zero-order chi connectivity index (χ0) is 25.3. The molecule has 0 amide bonds. The molecule has 1 aromatic heterocycles. The molecule has 4 aromatic rings. The van der Waals surface area contributed by atoms with Gasteiger partial charge in [0.25, 0.3) is 0 Å². The van der Waals surface area contributed by atoms with Crippen LogP contribution in [-0.2, 0) is 0 Å². The van der Waals surface area contributed by atoms with Crippen molar-refractivity contribution < 1.29 is 24.3 Å². The van der Waals surface area contributed by atoms with Crippen LogP contribution in [0.25, 0.3) is 33.7 Å². The van der Waals surface area contributed by atoms with Gasteiger partial charge in [0.2, 0.25) is 0 Å². The number of nitrogens with one attached hydrogen (secondary N) is 1. The molecule has 0 atom stereocenters. The molecular weight excluding hydrogens is 476 g/mol. The molecule has 7 nitrogen and oxygen atoms in total. The van der Waals surface area contributed by atoms with E-state index in [1.54, 1.807) is 66.7 Å². The first-order chi connectivity index (χ1) is 17.6. The Labute approximate surface area is 214 Å². The van der Waals surface area contributed by atoms with Crippen LogP contribution in [0, 0.1) is 0 Å². The third-order valence-electron chi connectivity index (χ3n) is 5.54. The van der Waals surface area contributed by atoms with E-state index in [-0.39, 0.29) is 11.5 Å². The summed E-state index contributed by atoms with van der Waals surface area (Å²) < 4.78 is 12.0. The number of aromatic hydroxyl groups is 2. The van der Waals surface area contributed by atoms with Crippen LogP contribution in [0.1, 0.15) is 17.3 Å². The van der Waals surface area contributed by atoms with E-state index >= 15 is 0 Å². The van der Waals surface area contributed by atoms with Gasteiger partial charge >= 0.3 is 0 Å². The number of ether oxygens (including phenoxy) is 1. The fraction of sp³-hybridized carbons (Fsp3) is 0.214. The molecule has 3 aromatic carbocycles. The number of hydrogen-bond acceptors (Lipinski definition) is 8. The summed E-state index contributed by atoms with van der Waals surface area (Å²) in [5.41, 5.74) is 3.78. The molecule has 0 aliphatic carbocycles. The Morgan fingerprint density at radius 1 is 0.972 bits per heavy atom. The number of phenols is 2. The van der Waals surface area contributed by atoms with Crippen LogP contribution in [0.5, 0.6) is 17.2 Å². The van der Waals surface area contributed by atoms with Crippen molar-refractivity contribution in [1.82, 2.24) is 10.5 Å². The molecule has 0 saturated heterocycles. The zero-order valence-corrected chi connectivity index (χ0v) is 20.8. The van der Waals surface area contributed by atoms with Gasteiger partial charge in [-0.05, 0) is 72.5 Å². The standard InChI is InChI=1S/C28H28N2O5S/c1-2-36-16-14-29-13-15-34-25-12-3-19(18-31)17-24(25)26-27(20-4-8-22(32)9-5-20)30-35-28(26)21-6-10-23(33)11-7-21/h3-12,17-18,29,32-33H,2,13-16H2,1H3. The first kappa shape index (κ1) is 25.3. The molecule has 0 bridgehead atoms. The molecule has 0 saturated carbocycles. The number of carbonyl (C=O) groups excluding carboxylic acids is 1. The first-order valence-corrected chi connectivity index (χ1v) is 12.9. The number of rotatable bonds is 12. The normalized spacial score (nSPS) is 10.9. The van der Waals surface area contributed by atoms with Gasteiger partial charge in [-0.1, -0.05) is 12.1 Å². The fourth-order valence-corrected chi connectivity index (χ4v) is 4.33. The first-order valence-electron chi connectivity index (χ1n) is 11.7. The monoisotopic (exact) mass is 504 g/mol. The molecule has 0 radical (unpaired) electrons. The Hall–Kier alpha value is -3.75. The molecule has 0 aliphatic heterocycles. The fourth-order valence-electron chi connectivity index (χ4n) is 3.76. The third-order valence-corrected chi connectivity index (χ3v) is 6.44. The molecule has 0 aliphatic rings. The molecule has 36 heavy (non-hydrogen) atoms. The van der Waals surface area contributed by atoms with Gasteiger partial charge < -0.3 is 24.8 Å². The SMILES string of the molecule is CCSCCNCCOc1ccc(C=O)cc1-c1c(-c2ccc(O)cc2)noc1-c1ccc(O)cc1.